The molecule has 5 N–H and O–H groups in total. The van der Waals surface area contributed by atoms with Crippen LogP contribution in [0, 0.1) is 6.92 Å². The van der Waals surface area contributed by atoms with Crippen LogP contribution in [0.15, 0.2) is 42.6 Å². The summed E-state index contributed by atoms with van der Waals surface area (Å²) < 4.78 is 5.61. The van der Waals surface area contributed by atoms with Crippen molar-refractivity contribution in [2.45, 2.75) is 13.3 Å². The second-order valence-electron chi connectivity index (χ2n) is 6.73. The van der Waals surface area contributed by atoms with E-state index in [1.165, 1.54) is 0 Å². The zero-order valence-corrected chi connectivity index (χ0v) is 16.2. The molecule has 0 atom stereocenters. The molecule has 0 fully saturated rings. The molecule has 0 aliphatic carbocycles. The molecule has 1 aliphatic rings. The number of nitrogens with zero attached hydrogens (tertiary/aromatic N) is 2. The molecule has 0 bridgehead atoms. The zero-order chi connectivity index (χ0) is 20.4. The van der Waals surface area contributed by atoms with Crippen LogP contribution in [-0.2, 0) is 6.42 Å². The van der Waals surface area contributed by atoms with Gasteiger partial charge >= 0.3 is 0 Å². The van der Waals surface area contributed by atoms with E-state index in [1.54, 1.807) is 12.3 Å². The third-order valence-electron chi connectivity index (χ3n) is 4.78. The SMILES string of the molecule is CNc1cc(Nc2nccc(Nc3ccc4c(c3C(N)=O)OCC4)n2)ccc1C. The van der Waals surface area contributed by atoms with Crippen LogP contribution in [0.2, 0.25) is 0 Å². The summed E-state index contributed by atoms with van der Waals surface area (Å²) in [7, 11) is 1.88. The number of aromatic nitrogens is 2. The molecule has 148 valence electrons. The molecule has 0 spiro atoms. The van der Waals surface area contributed by atoms with E-state index < -0.39 is 5.91 Å². The number of nitrogens with one attached hydrogen (secondary N) is 3. The summed E-state index contributed by atoms with van der Waals surface area (Å²) in [6.07, 6.45) is 2.40. The maximum Gasteiger partial charge on any atom is 0.254 e. The van der Waals surface area contributed by atoms with Crippen molar-refractivity contribution in [2.24, 2.45) is 5.73 Å². The highest BCUT2D eigenvalue weighted by Crippen LogP contribution is 2.35. The van der Waals surface area contributed by atoms with E-state index >= 15 is 0 Å². The molecule has 2 heterocycles. The Balaban J connectivity index is 1.60. The first-order valence-electron chi connectivity index (χ1n) is 9.29. The van der Waals surface area contributed by atoms with Gasteiger partial charge in [-0.3, -0.25) is 4.79 Å². The lowest BCUT2D eigenvalue weighted by Crippen LogP contribution is -2.15. The summed E-state index contributed by atoms with van der Waals surface area (Å²) in [6.45, 7) is 2.58. The minimum Gasteiger partial charge on any atom is -0.492 e. The second kappa shape index (κ2) is 7.67. The van der Waals surface area contributed by atoms with Gasteiger partial charge in [-0.2, -0.15) is 4.98 Å². The summed E-state index contributed by atoms with van der Waals surface area (Å²) >= 11 is 0. The fraction of sp³-hybridized carbons (Fsp3) is 0.190. The highest BCUT2D eigenvalue weighted by Gasteiger charge is 2.23. The predicted molar refractivity (Wildman–Crippen MR) is 113 cm³/mol. The van der Waals surface area contributed by atoms with Gasteiger partial charge in [-0.05, 0) is 42.3 Å². The molecule has 29 heavy (non-hydrogen) atoms. The third-order valence-corrected chi connectivity index (χ3v) is 4.78. The summed E-state index contributed by atoms with van der Waals surface area (Å²) in [6, 6.07) is 11.4. The van der Waals surface area contributed by atoms with E-state index in [2.05, 4.69) is 25.9 Å². The van der Waals surface area contributed by atoms with Crippen LogP contribution in [0.25, 0.3) is 0 Å². The number of rotatable bonds is 6. The number of carbonyl (C=O) groups excluding carboxylic acids is 1. The highest BCUT2D eigenvalue weighted by molar-refractivity contribution is 6.02. The first-order chi connectivity index (χ1) is 14.0. The molecular formula is C21H22N6O2. The van der Waals surface area contributed by atoms with Crippen molar-refractivity contribution in [2.75, 3.05) is 29.6 Å². The molecule has 0 radical (unpaired) electrons. The molecule has 1 aromatic heterocycles. The predicted octanol–water partition coefficient (Wildman–Crippen LogP) is 3.35. The Morgan fingerprint density at radius 2 is 2.00 bits per heavy atom. The normalized spacial score (nSPS) is 12.1. The Morgan fingerprint density at radius 3 is 2.79 bits per heavy atom. The molecule has 0 unspecified atom stereocenters. The fourth-order valence-corrected chi connectivity index (χ4v) is 3.32. The highest BCUT2D eigenvalue weighted by atomic mass is 16.5. The van der Waals surface area contributed by atoms with Gasteiger partial charge < -0.3 is 26.4 Å². The molecule has 0 saturated carbocycles. The number of anilines is 5. The first kappa shape index (κ1) is 18.5. The van der Waals surface area contributed by atoms with Gasteiger partial charge in [0.15, 0.2) is 0 Å². The van der Waals surface area contributed by atoms with Crippen LogP contribution in [-0.4, -0.2) is 29.5 Å². The Kier molecular flexibility index (Phi) is 4.90. The number of nitrogens with two attached hydrogens (primary N) is 1. The molecular weight excluding hydrogens is 368 g/mol. The average molecular weight is 390 g/mol. The van der Waals surface area contributed by atoms with Crippen LogP contribution < -0.4 is 26.4 Å². The number of aryl methyl sites for hydroxylation is 1. The first-order valence-corrected chi connectivity index (χ1v) is 9.29. The Bertz CT molecular complexity index is 1080. The molecule has 4 rings (SSSR count). The summed E-state index contributed by atoms with van der Waals surface area (Å²) in [5.41, 5.74) is 10.5. The zero-order valence-electron chi connectivity index (χ0n) is 16.2. The van der Waals surface area contributed by atoms with Gasteiger partial charge in [0.25, 0.3) is 5.91 Å². The molecule has 1 aliphatic heterocycles. The van der Waals surface area contributed by atoms with Crippen LogP contribution in [0.1, 0.15) is 21.5 Å². The van der Waals surface area contributed by atoms with Crippen LogP contribution in [0.5, 0.6) is 5.75 Å². The molecule has 2 aromatic carbocycles. The van der Waals surface area contributed by atoms with Crippen molar-refractivity contribution < 1.29 is 9.53 Å². The Hall–Kier alpha value is -3.81. The molecule has 1 amide bonds. The summed E-state index contributed by atoms with van der Waals surface area (Å²) in [4.78, 5) is 20.8. The summed E-state index contributed by atoms with van der Waals surface area (Å²) in [5.74, 6) is 0.967. The molecule has 8 heteroatoms. The number of amides is 1. The lowest BCUT2D eigenvalue weighted by atomic mass is 10.1. The van der Waals surface area contributed by atoms with Crippen molar-refractivity contribution in [3.8, 4) is 5.75 Å². The van der Waals surface area contributed by atoms with E-state index in [4.69, 9.17) is 10.5 Å². The van der Waals surface area contributed by atoms with E-state index in [1.807, 2.05) is 44.3 Å². The number of hydrogen-bond acceptors (Lipinski definition) is 7. The average Bonchev–Trinajstić information content (AvgIpc) is 3.18. The van der Waals surface area contributed by atoms with Gasteiger partial charge in [0.2, 0.25) is 5.95 Å². The topological polar surface area (TPSA) is 114 Å². The third kappa shape index (κ3) is 3.77. The van der Waals surface area contributed by atoms with Crippen LogP contribution in [0.3, 0.4) is 0 Å². The number of ether oxygens (including phenoxy) is 1. The van der Waals surface area contributed by atoms with Gasteiger partial charge in [0.1, 0.15) is 17.1 Å². The molecule has 3 aromatic rings. The molecule has 8 nitrogen and oxygen atoms in total. The van der Waals surface area contributed by atoms with Gasteiger partial charge in [0.05, 0.1) is 12.3 Å². The van der Waals surface area contributed by atoms with Crippen molar-refractivity contribution in [1.82, 2.24) is 9.97 Å². The second-order valence-corrected chi connectivity index (χ2v) is 6.73. The standard InChI is InChI=1S/C21H22N6O2/c1-12-3-5-14(11-16(12)23-2)25-21-24-9-7-17(27-21)26-15-6-4-13-8-10-29-19(13)18(15)20(22)28/h3-7,9,11,23H,8,10H2,1-2H3,(H2,22,28)(H2,24,25,26,27). The van der Waals surface area contributed by atoms with Crippen molar-refractivity contribution in [3.05, 3.63) is 59.3 Å². The minimum absolute atomic E-state index is 0.338. The van der Waals surface area contributed by atoms with Crippen molar-refractivity contribution in [1.29, 1.82) is 0 Å². The van der Waals surface area contributed by atoms with Crippen molar-refractivity contribution in [3.63, 3.8) is 0 Å². The number of primary amides is 1. The quantitative estimate of drug-likeness (QED) is 0.510. The largest absolute Gasteiger partial charge is 0.492 e. The Labute approximate surface area is 168 Å². The molecule has 0 saturated heterocycles. The van der Waals surface area contributed by atoms with E-state index in [9.17, 15) is 4.79 Å². The number of benzene rings is 2. The minimum atomic E-state index is -0.544. The lowest BCUT2D eigenvalue weighted by molar-refractivity contribution is 0.0998. The number of fused-ring (bicyclic) bond motifs is 1. The smallest absolute Gasteiger partial charge is 0.254 e. The van der Waals surface area contributed by atoms with E-state index in [0.717, 1.165) is 28.9 Å². The number of hydrogen-bond donors (Lipinski definition) is 4. The van der Waals surface area contributed by atoms with E-state index in [-0.39, 0.29) is 0 Å². The maximum atomic E-state index is 12.0. The van der Waals surface area contributed by atoms with Gasteiger partial charge in [-0.15, -0.1) is 0 Å². The Morgan fingerprint density at radius 1 is 1.14 bits per heavy atom. The van der Waals surface area contributed by atoms with Crippen LogP contribution >= 0.6 is 0 Å². The van der Waals surface area contributed by atoms with Crippen LogP contribution in [0.4, 0.5) is 28.8 Å². The lowest BCUT2D eigenvalue weighted by Gasteiger charge is -2.14. The van der Waals surface area contributed by atoms with E-state index in [0.29, 0.717) is 35.4 Å². The van der Waals surface area contributed by atoms with Gasteiger partial charge in [0, 0.05) is 31.0 Å². The summed E-state index contributed by atoms with van der Waals surface area (Å²) in [5, 5.41) is 9.50. The van der Waals surface area contributed by atoms with Gasteiger partial charge in [-0.1, -0.05) is 12.1 Å². The fourth-order valence-electron chi connectivity index (χ4n) is 3.32. The monoisotopic (exact) mass is 390 g/mol. The van der Waals surface area contributed by atoms with Gasteiger partial charge in [-0.25, -0.2) is 4.98 Å². The maximum absolute atomic E-state index is 12.0. The number of carbonyl (C=O) groups is 1. The van der Waals surface area contributed by atoms with Crippen molar-refractivity contribution >= 4 is 34.7 Å².